The summed E-state index contributed by atoms with van der Waals surface area (Å²) in [6.45, 7) is 0. The summed E-state index contributed by atoms with van der Waals surface area (Å²) in [4.78, 5) is 16.0. The zero-order valence-corrected chi connectivity index (χ0v) is 10.0. The predicted molar refractivity (Wildman–Crippen MR) is 67.3 cm³/mol. The molecule has 7 heteroatoms. The van der Waals surface area contributed by atoms with Crippen molar-refractivity contribution in [3.05, 3.63) is 60.1 Å². The maximum absolute atomic E-state index is 13.4. The van der Waals surface area contributed by atoms with Gasteiger partial charge in [0.25, 0.3) is 5.91 Å². The molecule has 0 aliphatic carbocycles. The van der Waals surface area contributed by atoms with E-state index in [0.29, 0.717) is 11.7 Å². The van der Waals surface area contributed by atoms with Crippen LogP contribution in [-0.2, 0) is 0 Å². The molecule has 20 heavy (non-hydrogen) atoms. The van der Waals surface area contributed by atoms with Crippen LogP contribution in [0.4, 0.5) is 14.5 Å². The number of aromatic nitrogens is 3. The Morgan fingerprint density at radius 1 is 1.25 bits per heavy atom. The lowest BCUT2D eigenvalue weighted by atomic mass is 10.3. The molecule has 0 saturated heterocycles. The van der Waals surface area contributed by atoms with Crippen LogP contribution < -0.4 is 5.32 Å². The third-order valence-corrected chi connectivity index (χ3v) is 2.65. The van der Waals surface area contributed by atoms with E-state index in [-0.39, 0.29) is 11.4 Å². The second kappa shape index (κ2) is 4.69. The Bertz CT molecular complexity index is 767. The molecule has 0 fully saturated rings. The van der Waals surface area contributed by atoms with Crippen LogP contribution in [-0.4, -0.2) is 20.5 Å². The molecule has 0 radical (unpaired) electrons. The van der Waals surface area contributed by atoms with Gasteiger partial charge in [0, 0.05) is 24.5 Å². The minimum absolute atomic E-state index is 0.0902. The lowest BCUT2D eigenvalue weighted by Crippen LogP contribution is -2.13. The normalized spacial score (nSPS) is 10.7. The minimum Gasteiger partial charge on any atom is -0.318 e. The summed E-state index contributed by atoms with van der Waals surface area (Å²) in [6.07, 6.45) is 3.20. The van der Waals surface area contributed by atoms with Crippen molar-refractivity contribution >= 4 is 17.2 Å². The molecule has 2 aromatic heterocycles. The number of fused-ring (bicyclic) bond motifs is 1. The number of rotatable bonds is 2. The standard InChI is InChI=1S/C13H8F2N4O/c14-8-2-3-10(9(15)6-8)17-13(20)11-7-12-16-4-1-5-19(12)18-11/h1-7H,(H,17,20). The third kappa shape index (κ3) is 2.20. The van der Waals surface area contributed by atoms with Gasteiger partial charge >= 0.3 is 0 Å². The van der Waals surface area contributed by atoms with Crippen molar-refractivity contribution in [1.29, 1.82) is 0 Å². The monoisotopic (exact) mass is 274 g/mol. The summed E-state index contributed by atoms with van der Waals surface area (Å²) < 4.78 is 27.6. The van der Waals surface area contributed by atoms with Crippen LogP contribution in [0.3, 0.4) is 0 Å². The second-order valence-electron chi connectivity index (χ2n) is 4.03. The summed E-state index contributed by atoms with van der Waals surface area (Å²) in [5.74, 6) is -2.15. The number of anilines is 1. The Hall–Kier alpha value is -2.83. The first kappa shape index (κ1) is 12.2. The molecule has 5 nitrogen and oxygen atoms in total. The Balaban J connectivity index is 1.89. The van der Waals surface area contributed by atoms with E-state index in [1.54, 1.807) is 18.5 Å². The third-order valence-electron chi connectivity index (χ3n) is 2.65. The SMILES string of the molecule is O=C(Nc1ccc(F)cc1F)c1cc2ncccn2n1. The van der Waals surface area contributed by atoms with Gasteiger partial charge in [-0.15, -0.1) is 0 Å². The molecule has 100 valence electrons. The van der Waals surface area contributed by atoms with E-state index >= 15 is 0 Å². The van der Waals surface area contributed by atoms with Crippen LogP contribution in [0.15, 0.2) is 42.7 Å². The smallest absolute Gasteiger partial charge is 0.276 e. The molecule has 1 aromatic carbocycles. The molecule has 0 spiro atoms. The minimum atomic E-state index is -0.847. The number of carbonyl (C=O) groups is 1. The summed E-state index contributed by atoms with van der Waals surface area (Å²) in [5.41, 5.74) is 0.478. The molecule has 0 atom stereocenters. The van der Waals surface area contributed by atoms with E-state index in [1.807, 2.05) is 0 Å². The molecule has 0 aliphatic rings. The van der Waals surface area contributed by atoms with Crippen molar-refractivity contribution < 1.29 is 13.6 Å². The Kier molecular flexibility index (Phi) is 2.86. The number of benzene rings is 1. The van der Waals surface area contributed by atoms with Crippen LogP contribution in [0, 0.1) is 11.6 Å². The first-order chi connectivity index (χ1) is 9.63. The van der Waals surface area contributed by atoms with Crippen molar-refractivity contribution in [2.45, 2.75) is 0 Å². The van der Waals surface area contributed by atoms with E-state index in [0.717, 1.165) is 12.1 Å². The van der Waals surface area contributed by atoms with Gasteiger partial charge in [-0.05, 0) is 18.2 Å². The van der Waals surface area contributed by atoms with Crippen LogP contribution in [0.25, 0.3) is 5.65 Å². The average Bonchev–Trinajstić information content (AvgIpc) is 2.86. The molecule has 0 saturated carbocycles. The van der Waals surface area contributed by atoms with Crippen LogP contribution in [0.5, 0.6) is 0 Å². The largest absolute Gasteiger partial charge is 0.318 e. The van der Waals surface area contributed by atoms with E-state index < -0.39 is 17.5 Å². The number of carbonyl (C=O) groups excluding carboxylic acids is 1. The number of nitrogens with zero attached hydrogens (tertiary/aromatic N) is 3. The number of amides is 1. The summed E-state index contributed by atoms with van der Waals surface area (Å²) in [6, 6.07) is 6.04. The predicted octanol–water partition coefficient (Wildman–Crippen LogP) is 2.26. The highest BCUT2D eigenvalue weighted by Gasteiger charge is 2.13. The lowest BCUT2D eigenvalue weighted by Gasteiger charge is -2.04. The van der Waals surface area contributed by atoms with Crippen LogP contribution >= 0.6 is 0 Å². The highest BCUT2D eigenvalue weighted by molar-refractivity contribution is 6.03. The van der Waals surface area contributed by atoms with E-state index in [2.05, 4.69) is 15.4 Å². The molecule has 0 aliphatic heterocycles. The average molecular weight is 274 g/mol. The fourth-order valence-corrected chi connectivity index (χ4v) is 1.72. The zero-order valence-electron chi connectivity index (χ0n) is 10.0. The van der Waals surface area contributed by atoms with Gasteiger partial charge in [0.1, 0.15) is 11.6 Å². The van der Waals surface area contributed by atoms with E-state index in [4.69, 9.17) is 0 Å². The van der Waals surface area contributed by atoms with Crippen LogP contribution in [0.1, 0.15) is 10.5 Å². The molecule has 0 bridgehead atoms. The number of hydrogen-bond acceptors (Lipinski definition) is 3. The number of hydrogen-bond donors (Lipinski definition) is 1. The molecule has 0 unspecified atom stereocenters. The first-order valence-electron chi connectivity index (χ1n) is 5.70. The fourth-order valence-electron chi connectivity index (χ4n) is 1.72. The topological polar surface area (TPSA) is 59.3 Å². The van der Waals surface area contributed by atoms with E-state index in [9.17, 15) is 13.6 Å². The van der Waals surface area contributed by atoms with Gasteiger partial charge < -0.3 is 5.32 Å². The van der Waals surface area contributed by atoms with Gasteiger partial charge in [0.2, 0.25) is 0 Å². The Morgan fingerprint density at radius 2 is 2.10 bits per heavy atom. The van der Waals surface area contributed by atoms with Gasteiger partial charge in [-0.2, -0.15) is 5.10 Å². The molecular weight excluding hydrogens is 266 g/mol. The van der Waals surface area contributed by atoms with Gasteiger partial charge in [-0.25, -0.2) is 18.3 Å². The molecular formula is C13H8F2N4O. The highest BCUT2D eigenvalue weighted by Crippen LogP contribution is 2.16. The quantitative estimate of drug-likeness (QED) is 0.779. The van der Waals surface area contributed by atoms with Crippen LogP contribution in [0.2, 0.25) is 0 Å². The summed E-state index contributed by atoms with van der Waals surface area (Å²) >= 11 is 0. The Morgan fingerprint density at radius 3 is 2.85 bits per heavy atom. The van der Waals surface area contributed by atoms with Gasteiger partial charge in [-0.3, -0.25) is 4.79 Å². The van der Waals surface area contributed by atoms with E-state index in [1.165, 1.54) is 10.6 Å². The fraction of sp³-hybridized carbons (Fsp3) is 0. The maximum atomic E-state index is 13.4. The number of halogens is 2. The molecule has 2 heterocycles. The van der Waals surface area contributed by atoms with Gasteiger partial charge in [0.05, 0.1) is 5.69 Å². The molecule has 1 N–H and O–H groups in total. The molecule has 3 rings (SSSR count). The van der Waals surface area contributed by atoms with Crippen molar-refractivity contribution in [2.75, 3.05) is 5.32 Å². The first-order valence-corrected chi connectivity index (χ1v) is 5.70. The summed E-state index contributed by atoms with van der Waals surface area (Å²) in [7, 11) is 0. The number of nitrogens with one attached hydrogen (secondary N) is 1. The van der Waals surface area contributed by atoms with Gasteiger partial charge in [0.15, 0.2) is 11.3 Å². The van der Waals surface area contributed by atoms with Gasteiger partial charge in [-0.1, -0.05) is 0 Å². The lowest BCUT2D eigenvalue weighted by molar-refractivity contribution is 0.102. The molecule has 3 aromatic rings. The van der Waals surface area contributed by atoms with Crippen molar-refractivity contribution in [3.8, 4) is 0 Å². The molecule has 1 amide bonds. The maximum Gasteiger partial charge on any atom is 0.276 e. The summed E-state index contributed by atoms with van der Waals surface area (Å²) in [5, 5.41) is 6.33. The highest BCUT2D eigenvalue weighted by atomic mass is 19.1. The Labute approximate surface area is 111 Å². The second-order valence-corrected chi connectivity index (χ2v) is 4.03. The van der Waals surface area contributed by atoms with Crippen molar-refractivity contribution in [2.24, 2.45) is 0 Å². The van der Waals surface area contributed by atoms with Crippen molar-refractivity contribution in [1.82, 2.24) is 14.6 Å². The van der Waals surface area contributed by atoms with Crippen molar-refractivity contribution in [3.63, 3.8) is 0 Å². The zero-order chi connectivity index (χ0) is 14.1.